The highest BCUT2D eigenvalue weighted by atomic mass is 16.6. The number of hydrogen-bond acceptors (Lipinski definition) is 7. The number of nitriles is 1. The molecule has 0 saturated carbocycles. The van der Waals surface area contributed by atoms with E-state index in [1.54, 1.807) is 6.07 Å². The van der Waals surface area contributed by atoms with Gasteiger partial charge in [0.2, 0.25) is 5.69 Å². The van der Waals surface area contributed by atoms with E-state index in [0.717, 1.165) is 23.0 Å². The van der Waals surface area contributed by atoms with Gasteiger partial charge in [-0.3, -0.25) is 29.7 Å². The number of carbonyl (C=O) groups excluding carboxylic acids is 1. The minimum atomic E-state index is -0.859. The summed E-state index contributed by atoms with van der Waals surface area (Å²) in [5.74, 6) is -0.859. The highest BCUT2D eigenvalue weighted by Gasteiger charge is 2.26. The molecule has 0 aliphatic rings. The third-order valence-electron chi connectivity index (χ3n) is 2.91. The summed E-state index contributed by atoms with van der Waals surface area (Å²) in [5.41, 5.74) is -1.26. The third-order valence-corrected chi connectivity index (χ3v) is 2.91. The second kappa shape index (κ2) is 5.90. The number of aromatic nitrogens is 2. The van der Waals surface area contributed by atoms with E-state index < -0.39 is 21.4 Å². The van der Waals surface area contributed by atoms with Gasteiger partial charge in [0.25, 0.3) is 11.6 Å². The smallest absolute Gasteiger partial charge is 0.319 e. The predicted molar refractivity (Wildman–Crippen MR) is 75.6 cm³/mol. The van der Waals surface area contributed by atoms with Gasteiger partial charge in [0.1, 0.15) is 12.3 Å². The first-order valence-corrected chi connectivity index (χ1v) is 6.01. The van der Waals surface area contributed by atoms with Crippen LogP contribution in [0.1, 0.15) is 16.1 Å². The van der Waals surface area contributed by atoms with Crippen LogP contribution in [0.2, 0.25) is 0 Å². The monoisotopic (exact) mass is 316 g/mol. The Morgan fingerprint density at radius 3 is 2.61 bits per heavy atom. The molecule has 2 aromatic rings. The molecule has 0 fully saturated rings. The summed E-state index contributed by atoms with van der Waals surface area (Å²) < 4.78 is 1.02. The molecule has 1 aromatic heterocycles. The number of anilines is 1. The topological polar surface area (TPSA) is 157 Å². The lowest BCUT2D eigenvalue weighted by atomic mass is 10.1. The molecule has 1 N–H and O–H groups in total. The van der Waals surface area contributed by atoms with Crippen LogP contribution in [0.3, 0.4) is 0 Å². The van der Waals surface area contributed by atoms with Crippen molar-refractivity contribution in [1.29, 1.82) is 5.26 Å². The number of hydrogen-bond donors (Lipinski definition) is 1. The van der Waals surface area contributed by atoms with Crippen LogP contribution in [0.4, 0.5) is 17.1 Å². The minimum absolute atomic E-state index is 0.00130. The van der Waals surface area contributed by atoms with E-state index in [0.29, 0.717) is 0 Å². The Kier molecular flexibility index (Phi) is 3.99. The number of benzene rings is 1. The van der Waals surface area contributed by atoms with Gasteiger partial charge in [0.15, 0.2) is 0 Å². The number of nitro benzene ring substituents is 1. The number of rotatable bonds is 4. The normalized spacial score (nSPS) is 9.91. The SMILES string of the molecule is Cn1ncc([N+](=O)[O-])c1C(=O)Nc1ccc([N+](=O)[O-])cc1C#N. The lowest BCUT2D eigenvalue weighted by Gasteiger charge is -2.06. The molecule has 11 nitrogen and oxygen atoms in total. The van der Waals surface area contributed by atoms with Crippen molar-refractivity contribution in [3.8, 4) is 6.07 Å². The molecule has 11 heteroatoms. The van der Waals surface area contributed by atoms with Crippen molar-refractivity contribution in [2.24, 2.45) is 7.05 Å². The second-order valence-corrected chi connectivity index (χ2v) is 4.31. The van der Waals surface area contributed by atoms with E-state index in [-0.39, 0.29) is 22.6 Å². The molecule has 0 aliphatic heterocycles. The molecule has 0 unspecified atom stereocenters. The van der Waals surface area contributed by atoms with Crippen LogP contribution in [0.15, 0.2) is 24.4 Å². The summed E-state index contributed by atoms with van der Waals surface area (Å²) in [6.45, 7) is 0. The molecule has 0 aliphatic carbocycles. The van der Waals surface area contributed by atoms with E-state index >= 15 is 0 Å². The Bertz CT molecular complexity index is 865. The first-order valence-electron chi connectivity index (χ1n) is 6.01. The van der Waals surface area contributed by atoms with Crippen molar-refractivity contribution in [2.75, 3.05) is 5.32 Å². The third kappa shape index (κ3) is 2.95. The Hall–Kier alpha value is -3.81. The second-order valence-electron chi connectivity index (χ2n) is 4.31. The average Bonchev–Trinajstić information content (AvgIpc) is 2.89. The molecular formula is C12H8N6O5. The van der Waals surface area contributed by atoms with E-state index in [2.05, 4.69) is 10.4 Å². The standard InChI is InChI=1S/C12H8N6O5/c1-16-11(10(6-14-16)18(22)23)12(19)15-9-3-2-8(17(20)21)4-7(9)5-13/h2-4,6H,1H3,(H,15,19). The number of nitrogens with zero attached hydrogens (tertiary/aromatic N) is 5. The highest BCUT2D eigenvalue weighted by molar-refractivity contribution is 6.06. The van der Waals surface area contributed by atoms with Crippen molar-refractivity contribution in [2.45, 2.75) is 0 Å². The molecule has 0 radical (unpaired) electrons. The van der Waals surface area contributed by atoms with Gasteiger partial charge in [-0.2, -0.15) is 10.4 Å². The largest absolute Gasteiger partial charge is 0.320 e. The van der Waals surface area contributed by atoms with Gasteiger partial charge in [-0.05, 0) is 6.07 Å². The number of nitro groups is 2. The Labute approximate surface area is 128 Å². The van der Waals surface area contributed by atoms with Crippen LogP contribution in [0, 0.1) is 31.6 Å². The van der Waals surface area contributed by atoms with Crippen molar-refractivity contribution < 1.29 is 14.6 Å². The van der Waals surface area contributed by atoms with Gasteiger partial charge >= 0.3 is 5.69 Å². The molecule has 0 atom stereocenters. The molecule has 116 valence electrons. The minimum Gasteiger partial charge on any atom is -0.319 e. The summed E-state index contributed by atoms with van der Waals surface area (Å²) >= 11 is 0. The number of nitrogens with one attached hydrogen (secondary N) is 1. The number of carbonyl (C=O) groups is 1. The van der Waals surface area contributed by atoms with Crippen molar-refractivity contribution in [1.82, 2.24) is 9.78 Å². The predicted octanol–water partition coefficient (Wildman–Crippen LogP) is 1.36. The van der Waals surface area contributed by atoms with E-state index in [1.807, 2.05) is 0 Å². The summed E-state index contributed by atoms with van der Waals surface area (Å²) in [6, 6.07) is 4.99. The first-order chi connectivity index (χ1) is 10.8. The summed E-state index contributed by atoms with van der Waals surface area (Å²) in [7, 11) is 1.35. The fourth-order valence-electron chi connectivity index (χ4n) is 1.85. The number of aryl methyl sites for hydroxylation is 1. The van der Waals surface area contributed by atoms with Gasteiger partial charge in [-0.1, -0.05) is 0 Å². The van der Waals surface area contributed by atoms with E-state index in [1.165, 1.54) is 13.1 Å². The Morgan fingerprint density at radius 2 is 2.04 bits per heavy atom. The zero-order chi connectivity index (χ0) is 17.1. The van der Waals surface area contributed by atoms with Crippen molar-refractivity contribution >= 4 is 23.0 Å². The molecule has 1 heterocycles. The van der Waals surface area contributed by atoms with Gasteiger partial charge in [0.05, 0.1) is 21.1 Å². The molecule has 1 aromatic carbocycles. The molecule has 23 heavy (non-hydrogen) atoms. The summed E-state index contributed by atoms with van der Waals surface area (Å²) in [6.07, 6.45) is 0.927. The maximum Gasteiger partial charge on any atom is 0.320 e. The maximum absolute atomic E-state index is 12.2. The molecular weight excluding hydrogens is 308 g/mol. The fourth-order valence-corrected chi connectivity index (χ4v) is 1.85. The van der Waals surface area contributed by atoms with Crippen LogP contribution in [-0.4, -0.2) is 25.5 Å². The van der Waals surface area contributed by atoms with Crippen LogP contribution in [-0.2, 0) is 7.05 Å². The fraction of sp³-hybridized carbons (Fsp3) is 0.0833. The average molecular weight is 316 g/mol. The van der Waals surface area contributed by atoms with Crippen LogP contribution < -0.4 is 5.32 Å². The van der Waals surface area contributed by atoms with Crippen molar-refractivity contribution in [3.05, 3.63) is 55.9 Å². The Morgan fingerprint density at radius 1 is 1.35 bits per heavy atom. The van der Waals surface area contributed by atoms with Gasteiger partial charge in [-0.25, -0.2) is 0 Å². The number of amides is 1. The highest BCUT2D eigenvalue weighted by Crippen LogP contribution is 2.23. The summed E-state index contributed by atoms with van der Waals surface area (Å²) in [4.78, 5) is 32.3. The molecule has 0 spiro atoms. The van der Waals surface area contributed by atoms with Crippen LogP contribution in [0.25, 0.3) is 0 Å². The molecule has 1 amide bonds. The van der Waals surface area contributed by atoms with Crippen LogP contribution >= 0.6 is 0 Å². The van der Waals surface area contributed by atoms with E-state index in [9.17, 15) is 25.0 Å². The quantitative estimate of drug-likeness (QED) is 0.658. The van der Waals surface area contributed by atoms with Gasteiger partial charge < -0.3 is 5.32 Å². The van der Waals surface area contributed by atoms with Crippen molar-refractivity contribution in [3.63, 3.8) is 0 Å². The van der Waals surface area contributed by atoms with Crippen LogP contribution in [0.5, 0.6) is 0 Å². The lowest BCUT2D eigenvalue weighted by Crippen LogP contribution is -2.18. The van der Waals surface area contributed by atoms with E-state index in [4.69, 9.17) is 5.26 Å². The van der Waals surface area contributed by atoms with Gasteiger partial charge in [-0.15, -0.1) is 0 Å². The molecule has 0 saturated heterocycles. The Balaban J connectivity index is 2.39. The zero-order valence-corrected chi connectivity index (χ0v) is 11.6. The summed E-state index contributed by atoms with van der Waals surface area (Å²) in [5, 5.41) is 36.5. The molecule has 0 bridgehead atoms. The maximum atomic E-state index is 12.2. The van der Waals surface area contributed by atoms with Gasteiger partial charge in [0, 0.05) is 19.2 Å². The lowest BCUT2D eigenvalue weighted by molar-refractivity contribution is -0.385. The number of non-ortho nitro benzene ring substituents is 1. The molecule has 2 rings (SSSR count). The first kappa shape index (κ1) is 15.6. The zero-order valence-electron chi connectivity index (χ0n) is 11.6.